The fourth-order valence-electron chi connectivity index (χ4n) is 19.0. The van der Waals surface area contributed by atoms with Gasteiger partial charge in [-0.1, -0.05) is 6.92 Å². The summed E-state index contributed by atoms with van der Waals surface area (Å²) in [5.74, 6) is 1.13. The Morgan fingerprint density at radius 3 is 1.07 bits per heavy atom. The van der Waals surface area contributed by atoms with Crippen LogP contribution >= 0.6 is 45.3 Å². The highest BCUT2D eigenvalue weighted by atomic mass is 32.1. The average molecular weight is 1920 g/mol. The summed E-state index contributed by atoms with van der Waals surface area (Å²) in [5.41, 5.74) is 18.1. The minimum absolute atomic E-state index is 0.0289. The lowest BCUT2D eigenvalue weighted by Gasteiger charge is -2.23. The molecule has 30 nitrogen and oxygen atoms in total. The molecule has 0 spiro atoms. The number of likely N-dealkylation sites (tertiary alicyclic amines) is 3. The van der Waals surface area contributed by atoms with E-state index in [4.69, 9.17) is 9.47 Å². The Morgan fingerprint density at radius 1 is 0.384 bits per heavy atom. The number of carbonyl (C=O) groups is 7. The van der Waals surface area contributed by atoms with Gasteiger partial charge in [-0.3, -0.25) is 52.6 Å². The van der Waals surface area contributed by atoms with Crippen molar-refractivity contribution in [3.63, 3.8) is 0 Å². The molecule has 4 aliphatic carbocycles. The number of amides is 7. The first-order chi connectivity index (χ1) is 67.1. The van der Waals surface area contributed by atoms with Crippen molar-refractivity contribution in [3.8, 4) is 10.7 Å². The molecule has 138 heavy (non-hydrogen) atoms. The van der Waals surface area contributed by atoms with E-state index in [9.17, 15) is 33.6 Å². The van der Waals surface area contributed by atoms with Crippen LogP contribution in [0.25, 0.3) is 95.2 Å². The summed E-state index contributed by atoms with van der Waals surface area (Å²) in [6.45, 7) is 13.5. The van der Waals surface area contributed by atoms with Crippen LogP contribution in [-0.4, -0.2) is 194 Å². The number of aromatic nitrogens is 10. The first kappa shape index (κ1) is 90.6. The van der Waals surface area contributed by atoms with Crippen LogP contribution in [-0.2, 0) is 16.5 Å². The van der Waals surface area contributed by atoms with Crippen LogP contribution in [0.15, 0.2) is 183 Å². The van der Waals surface area contributed by atoms with Gasteiger partial charge in [0, 0.05) is 182 Å². The Balaban J connectivity index is 0.000000110. The minimum atomic E-state index is -0.0674. The predicted octanol–water partition coefficient (Wildman–Crippen LogP) is 21.6. The number of hydrogen-bond acceptors (Lipinski definition) is 22. The van der Waals surface area contributed by atoms with Gasteiger partial charge in [-0.2, -0.15) is 0 Å². The van der Waals surface area contributed by atoms with Crippen LogP contribution in [0.4, 0.5) is 64.7 Å². The van der Waals surface area contributed by atoms with Gasteiger partial charge in [0.25, 0.3) is 17.7 Å². The number of nitrogens with one attached hydrogen (secondary N) is 8. The van der Waals surface area contributed by atoms with E-state index in [-0.39, 0.29) is 54.0 Å². The third kappa shape index (κ3) is 18.9. The van der Waals surface area contributed by atoms with Crippen molar-refractivity contribution < 1.29 is 43.0 Å². The number of pyridine rings is 4. The molecule has 8 N–H and O–H groups in total. The highest BCUT2D eigenvalue weighted by molar-refractivity contribution is 7.23. The van der Waals surface area contributed by atoms with Crippen LogP contribution in [0.5, 0.6) is 0 Å². The molecule has 16 heterocycles. The third-order valence-electron chi connectivity index (χ3n) is 26.7. The first-order valence-corrected chi connectivity index (χ1v) is 50.6. The normalized spacial score (nSPS) is 16.9. The lowest BCUT2D eigenvalue weighted by Crippen LogP contribution is -2.37. The summed E-state index contributed by atoms with van der Waals surface area (Å²) >= 11 is 6.11. The smallest absolute Gasteiger partial charge is 0.326 e. The number of aryl methyl sites for hydroxylation is 5. The molecule has 3 atom stereocenters. The van der Waals surface area contributed by atoms with Crippen molar-refractivity contribution >= 4 is 217 Å². The summed E-state index contributed by atoms with van der Waals surface area (Å²) < 4.78 is 23.7. The zero-order valence-electron chi connectivity index (χ0n) is 77.9. The van der Waals surface area contributed by atoms with Crippen molar-refractivity contribution in [1.29, 1.82) is 0 Å². The number of imidazole rings is 1. The number of hydrogen-bond donors (Lipinski definition) is 8. The Kier molecular flexibility index (Phi) is 25.1. The molecule has 34 heteroatoms. The van der Waals surface area contributed by atoms with Gasteiger partial charge >= 0.3 is 24.1 Å². The molecule has 7 amide bonds. The quantitative estimate of drug-likeness (QED) is 0.0351. The van der Waals surface area contributed by atoms with Crippen molar-refractivity contribution in [2.45, 2.75) is 167 Å². The second-order valence-electron chi connectivity index (χ2n) is 36.9. The number of methoxy groups -OCH3 is 2. The van der Waals surface area contributed by atoms with Gasteiger partial charge in [-0.25, -0.2) is 24.2 Å². The number of thiophene rings is 4. The monoisotopic (exact) mass is 1920 g/mol. The van der Waals surface area contributed by atoms with Gasteiger partial charge in [0.2, 0.25) is 0 Å². The van der Waals surface area contributed by atoms with Crippen molar-refractivity contribution in [1.82, 2.24) is 83.7 Å². The third-order valence-corrected chi connectivity index (χ3v) is 31.3. The van der Waals surface area contributed by atoms with Crippen molar-refractivity contribution in [3.05, 3.63) is 220 Å². The maximum atomic E-state index is 13.3. The summed E-state index contributed by atoms with van der Waals surface area (Å²) in [6.07, 6.45) is 25.5. The van der Waals surface area contributed by atoms with E-state index in [1.165, 1.54) is 34.0 Å². The number of anilines is 8. The molecule has 0 unspecified atom stereocenters. The molecule has 3 saturated heterocycles. The van der Waals surface area contributed by atoms with Crippen LogP contribution in [0, 0.1) is 27.7 Å². The van der Waals surface area contributed by atoms with Gasteiger partial charge in [-0.15, -0.1) is 45.3 Å². The predicted molar refractivity (Wildman–Crippen MR) is 550 cm³/mol. The second-order valence-corrected chi connectivity index (χ2v) is 41.1. The number of carbonyl (C=O) groups excluding carboxylic acids is 7. The van der Waals surface area contributed by atoms with E-state index >= 15 is 0 Å². The van der Waals surface area contributed by atoms with Crippen molar-refractivity contribution in [2.24, 2.45) is 7.05 Å². The zero-order valence-corrected chi connectivity index (χ0v) is 81.2. The van der Waals surface area contributed by atoms with Crippen LogP contribution in [0.2, 0.25) is 0 Å². The molecule has 4 saturated carbocycles. The molecule has 7 aliphatic rings. The van der Waals surface area contributed by atoms with E-state index in [0.717, 1.165) is 271 Å². The molecule has 3 aliphatic heterocycles. The molecule has 17 aromatic rings. The number of rotatable bonds is 20. The molecular formula is C104H107N21O9S4. The molecular weight excluding hydrogens is 1820 g/mol. The molecule has 706 valence electrons. The second kappa shape index (κ2) is 38.2. The lowest BCUT2D eigenvalue weighted by molar-refractivity contribution is 0.0634. The van der Waals surface area contributed by atoms with Gasteiger partial charge in [-0.05, 0) is 263 Å². The number of nitrogens with zero attached hydrogens (tertiary/aromatic N) is 13. The first-order valence-electron chi connectivity index (χ1n) is 47.3. The Hall–Kier alpha value is -13.9. The summed E-state index contributed by atoms with van der Waals surface area (Å²) in [7, 11) is 5.36. The van der Waals surface area contributed by atoms with Crippen LogP contribution < -0.4 is 42.5 Å². The van der Waals surface area contributed by atoms with Crippen molar-refractivity contribution in [2.75, 3.05) is 68.3 Å². The maximum absolute atomic E-state index is 13.3. The average Bonchev–Trinajstić information content (AvgIpc) is 1.64. The van der Waals surface area contributed by atoms with E-state index in [2.05, 4.69) is 105 Å². The SMILES string of the molecule is CC[C@@H]1CCCN1C(=O)c1cc2nccc(Nc3ccc4c(c3)cc(C)n4C(=O)NC3CC3)c2s1.COC[C@H]1CCCN1C(=O)c1cc2nccc(Nc3ccc4c(c3)cc(C)n4C(=O)NC3CC3)c2s1.CO[C@H]1CCN(C(=O)c2cc3nccc(Nc4ccc5c(c4)cc(C)n5C(=O)NC4CC4)c3s2)C1.Cc1cc2cc(Nc3ccnc4cc(-c5nccn5C)sc34)ccc2n1C(=O)NC1CC1. The maximum Gasteiger partial charge on any atom is 0.326 e. The topological polar surface area (TPSA) is 333 Å². The van der Waals surface area contributed by atoms with Gasteiger partial charge in [0.05, 0.1) is 124 Å². The number of benzene rings is 4. The Bertz CT molecular complexity index is 7640. The fraction of sp³-hybridized carbons (Fsp3) is 0.327. The van der Waals surface area contributed by atoms with E-state index in [1.54, 1.807) is 68.6 Å². The number of ether oxygens (including phenoxy) is 2. The highest BCUT2D eigenvalue weighted by Crippen LogP contribution is 2.43. The van der Waals surface area contributed by atoms with E-state index in [1.807, 2.05) is 182 Å². The lowest BCUT2D eigenvalue weighted by atomic mass is 10.1. The number of fused-ring (bicyclic) bond motifs is 8. The highest BCUT2D eigenvalue weighted by Gasteiger charge is 2.36. The Labute approximate surface area is 811 Å². The Morgan fingerprint density at radius 2 is 0.732 bits per heavy atom. The molecule has 13 aromatic heterocycles. The standard InChI is InChI=1S/C27H29N5O3S.C27H29N5O2S.C26H27N5O3S.C24H22N6OS/c1-16-12-17-13-19(7-8-23(17)32(16)27(34)30-18-5-6-18)29-21-9-10-28-22-14-24(36-25(21)22)26(33)31-11-3-4-20(31)15-35-2;1-3-20-5-4-12-31(20)26(33)24-15-22-25(35-24)21(10-11-28-22)29-19-8-9-23-17(14-19)13-16(2)32(23)27(34)30-18-6-7-18;1-15-11-16-12-18(5-6-22(16)31(15)26(33)29-17-3-4-17)28-20-7-9-27-21-13-23(35-24(20)21)25(32)30-10-8-19(14-30)34-2;1-14-11-15-12-17(5-6-20(15)30(14)24(31)28-16-3-4-16)27-18-7-8-25-19-13-21(32-22(18)19)23-26-9-10-29(23)2/h7-10,12-14,18,20H,3-6,11,15H2,1-2H3,(H,28,29)(H,30,34);8-11,13-15,18,20H,3-7,12H2,1-2H3,(H,28,29)(H,30,34);5-7,9,11-13,17,19H,3-4,8,10,14H2,1-2H3,(H,27,28)(H,29,33);5-13,16H,3-4H2,1-2H3,(H,25,27)(H,28,31)/t2*20-;19-;/m110./s1. The molecule has 7 fully saturated rings. The van der Waals surface area contributed by atoms with Gasteiger partial charge < -0.3 is 71.3 Å². The fourth-order valence-corrected chi connectivity index (χ4v) is 23.3. The van der Waals surface area contributed by atoms with E-state index < -0.39 is 0 Å². The molecule has 0 radical (unpaired) electrons. The van der Waals surface area contributed by atoms with E-state index in [0.29, 0.717) is 59.7 Å². The van der Waals surface area contributed by atoms with Gasteiger partial charge in [0.1, 0.15) is 5.82 Å². The van der Waals surface area contributed by atoms with Crippen LogP contribution in [0.3, 0.4) is 0 Å². The summed E-state index contributed by atoms with van der Waals surface area (Å²) in [6, 6.07) is 49.3. The van der Waals surface area contributed by atoms with Crippen LogP contribution in [0.1, 0.15) is 149 Å². The molecule has 0 bridgehead atoms. The summed E-state index contributed by atoms with van der Waals surface area (Å²) in [4.78, 5) is 122. The zero-order chi connectivity index (χ0) is 94.8. The largest absolute Gasteiger partial charge is 0.383 e. The minimum Gasteiger partial charge on any atom is -0.383 e. The summed E-state index contributed by atoms with van der Waals surface area (Å²) in [5, 5.41) is 30.4. The van der Waals surface area contributed by atoms with Gasteiger partial charge in [0.15, 0.2) is 0 Å². The molecule has 24 rings (SSSR count). The molecule has 4 aromatic carbocycles.